The summed E-state index contributed by atoms with van der Waals surface area (Å²) < 4.78 is 7.21. The van der Waals surface area contributed by atoms with Crippen molar-refractivity contribution < 1.29 is 4.74 Å². The number of aromatic nitrogens is 4. The monoisotopic (exact) mass is 392 g/mol. The number of benzene rings is 2. The van der Waals surface area contributed by atoms with Crippen LogP contribution in [-0.2, 0) is 6.54 Å². The van der Waals surface area contributed by atoms with Crippen LogP contribution in [-0.4, -0.2) is 58.4 Å². The Balaban J connectivity index is 1.42. The van der Waals surface area contributed by atoms with Gasteiger partial charge in [-0.3, -0.25) is 4.90 Å². The molecule has 0 bridgehead atoms. The van der Waals surface area contributed by atoms with Gasteiger partial charge in [0.1, 0.15) is 5.75 Å². The average Bonchev–Trinajstić information content (AvgIpc) is 3.23. The molecule has 3 aromatic rings. The van der Waals surface area contributed by atoms with E-state index in [1.54, 1.807) is 7.11 Å². The standard InChI is InChI=1S/C22H28N6O/c1-3-21(22-23-24-25-28(22)17-18-7-5-4-6-8-18)27-15-13-26(14-16-27)19-9-11-20(29-2)12-10-19/h4-12,21H,3,13-17H2,1-2H3. The van der Waals surface area contributed by atoms with Gasteiger partial charge in [-0.2, -0.15) is 0 Å². The number of methoxy groups -OCH3 is 1. The Kier molecular flexibility index (Phi) is 6.05. The van der Waals surface area contributed by atoms with E-state index in [9.17, 15) is 0 Å². The van der Waals surface area contributed by atoms with Gasteiger partial charge in [-0.25, -0.2) is 4.68 Å². The Bertz CT molecular complexity index is 887. The van der Waals surface area contributed by atoms with Crippen molar-refractivity contribution in [3.63, 3.8) is 0 Å². The highest BCUT2D eigenvalue weighted by Crippen LogP contribution is 2.26. The van der Waals surface area contributed by atoms with Gasteiger partial charge in [-0.15, -0.1) is 5.10 Å². The number of piperazine rings is 1. The Morgan fingerprint density at radius 2 is 1.69 bits per heavy atom. The van der Waals surface area contributed by atoms with Crippen molar-refractivity contribution in [2.24, 2.45) is 0 Å². The van der Waals surface area contributed by atoms with Gasteiger partial charge in [0.05, 0.1) is 19.7 Å². The minimum atomic E-state index is 0.228. The normalized spacial score (nSPS) is 16.0. The lowest BCUT2D eigenvalue weighted by Crippen LogP contribution is -2.48. The molecule has 2 heterocycles. The molecule has 7 heteroatoms. The smallest absolute Gasteiger partial charge is 0.168 e. The second-order valence-corrected chi connectivity index (χ2v) is 7.33. The van der Waals surface area contributed by atoms with Crippen molar-refractivity contribution in [2.45, 2.75) is 25.9 Å². The van der Waals surface area contributed by atoms with Crippen LogP contribution in [0.2, 0.25) is 0 Å². The minimum absolute atomic E-state index is 0.228. The molecule has 0 radical (unpaired) electrons. The van der Waals surface area contributed by atoms with Crippen molar-refractivity contribution >= 4 is 5.69 Å². The first-order valence-electron chi connectivity index (χ1n) is 10.2. The van der Waals surface area contributed by atoms with Crippen LogP contribution in [0.4, 0.5) is 5.69 Å². The maximum absolute atomic E-state index is 5.27. The Labute approximate surface area is 171 Å². The van der Waals surface area contributed by atoms with Crippen molar-refractivity contribution in [3.05, 3.63) is 66.0 Å². The molecule has 0 aliphatic carbocycles. The van der Waals surface area contributed by atoms with E-state index in [1.807, 2.05) is 22.9 Å². The number of hydrogen-bond donors (Lipinski definition) is 0. The lowest BCUT2D eigenvalue weighted by molar-refractivity contribution is 0.169. The first-order chi connectivity index (χ1) is 14.3. The molecular formula is C22H28N6O. The summed E-state index contributed by atoms with van der Waals surface area (Å²) in [5.41, 5.74) is 2.45. The van der Waals surface area contributed by atoms with E-state index >= 15 is 0 Å². The van der Waals surface area contributed by atoms with Gasteiger partial charge in [-0.1, -0.05) is 37.3 Å². The molecular weight excluding hydrogens is 364 g/mol. The molecule has 29 heavy (non-hydrogen) atoms. The van der Waals surface area contributed by atoms with E-state index in [4.69, 9.17) is 4.74 Å². The SMILES string of the molecule is CCC(c1nnnn1Cc1ccccc1)N1CCN(c2ccc(OC)cc2)CC1. The van der Waals surface area contributed by atoms with E-state index in [0.29, 0.717) is 6.54 Å². The van der Waals surface area contributed by atoms with Crippen LogP contribution in [0, 0.1) is 0 Å². The van der Waals surface area contributed by atoms with Crippen molar-refractivity contribution in [1.82, 2.24) is 25.1 Å². The highest BCUT2D eigenvalue weighted by molar-refractivity contribution is 5.49. The van der Waals surface area contributed by atoms with Crippen LogP contribution in [0.15, 0.2) is 54.6 Å². The van der Waals surface area contributed by atoms with E-state index in [0.717, 1.165) is 44.2 Å². The van der Waals surface area contributed by atoms with E-state index in [1.165, 1.54) is 11.3 Å². The molecule has 1 saturated heterocycles. The molecule has 0 spiro atoms. The number of rotatable bonds is 7. The van der Waals surface area contributed by atoms with E-state index < -0.39 is 0 Å². The largest absolute Gasteiger partial charge is 0.497 e. The number of hydrogen-bond acceptors (Lipinski definition) is 6. The summed E-state index contributed by atoms with van der Waals surface area (Å²) in [5, 5.41) is 12.6. The quantitative estimate of drug-likeness (QED) is 0.616. The van der Waals surface area contributed by atoms with Gasteiger partial charge in [0.25, 0.3) is 0 Å². The fraction of sp³-hybridized carbons (Fsp3) is 0.409. The number of ether oxygens (including phenoxy) is 1. The van der Waals surface area contributed by atoms with Crippen LogP contribution in [0.1, 0.15) is 30.8 Å². The molecule has 4 rings (SSSR count). The van der Waals surface area contributed by atoms with Crippen molar-refractivity contribution in [1.29, 1.82) is 0 Å². The number of anilines is 1. The average molecular weight is 393 g/mol. The Morgan fingerprint density at radius 1 is 0.966 bits per heavy atom. The summed E-state index contributed by atoms with van der Waals surface area (Å²) >= 11 is 0. The summed E-state index contributed by atoms with van der Waals surface area (Å²) in [6.07, 6.45) is 0.984. The van der Waals surface area contributed by atoms with Crippen molar-refractivity contribution in [3.8, 4) is 5.75 Å². The maximum atomic E-state index is 5.27. The van der Waals surface area contributed by atoms with Crippen LogP contribution < -0.4 is 9.64 Å². The molecule has 1 aliphatic rings. The molecule has 0 N–H and O–H groups in total. The summed E-state index contributed by atoms with van der Waals surface area (Å²) in [6, 6.07) is 18.9. The first kappa shape index (κ1) is 19.4. The number of tetrazole rings is 1. The van der Waals surface area contributed by atoms with E-state index in [-0.39, 0.29) is 6.04 Å². The molecule has 1 aliphatic heterocycles. The third-order valence-electron chi connectivity index (χ3n) is 5.61. The van der Waals surface area contributed by atoms with Gasteiger partial charge in [0.2, 0.25) is 0 Å². The summed E-state index contributed by atoms with van der Waals surface area (Å²) in [4.78, 5) is 4.93. The predicted octanol–water partition coefficient (Wildman–Crippen LogP) is 3.00. The van der Waals surface area contributed by atoms with Gasteiger partial charge < -0.3 is 9.64 Å². The molecule has 0 amide bonds. The lowest BCUT2D eigenvalue weighted by Gasteiger charge is -2.39. The highest BCUT2D eigenvalue weighted by Gasteiger charge is 2.28. The predicted molar refractivity (Wildman–Crippen MR) is 113 cm³/mol. The summed E-state index contributed by atoms with van der Waals surface area (Å²) in [7, 11) is 1.70. The topological polar surface area (TPSA) is 59.3 Å². The molecule has 1 unspecified atom stereocenters. The molecule has 152 valence electrons. The zero-order valence-corrected chi connectivity index (χ0v) is 17.1. The van der Waals surface area contributed by atoms with Crippen LogP contribution in [0.3, 0.4) is 0 Å². The number of nitrogens with zero attached hydrogens (tertiary/aromatic N) is 6. The van der Waals surface area contributed by atoms with Crippen LogP contribution >= 0.6 is 0 Å². The fourth-order valence-electron chi connectivity index (χ4n) is 4.01. The van der Waals surface area contributed by atoms with Gasteiger partial charge in [-0.05, 0) is 46.7 Å². The summed E-state index contributed by atoms with van der Waals surface area (Å²) in [6.45, 7) is 6.87. The molecule has 2 aromatic carbocycles. The third kappa shape index (κ3) is 4.40. The van der Waals surface area contributed by atoms with Gasteiger partial charge in [0, 0.05) is 31.9 Å². The second kappa shape index (κ2) is 9.05. The summed E-state index contributed by atoms with van der Waals surface area (Å²) in [5.74, 6) is 1.85. The van der Waals surface area contributed by atoms with Crippen molar-refractivity contribution in [2.75, 3.05) is 38.2 Å². The fourth-order valence-corrected chi connectivity index (χ4v) is 4.01. The zero-order chi connectivity index (χ0) is 20.1. The molecule has 7 nitrogen and oxygen atoms in total. The Hall–Kier alpha value is -2.93. The minimum Gasteiger partial charge on any atom is -0.497 e. The van der Waals surface area contributed by atoms with Crippen LogP contribution in [0.5, 0.6) is 5.75 Å². The second-order valence-electron chi connectivity index (χ2n) is 7.33. The van der Waals surface area contributed by atoms with Crippen LogP contribution in [0.25, 0.3) is 0 Å². The molecule has 0 saturated carbocycles. The maximum Gasteiger partial charge on any atom is 0.168 e. The lowest BCUT2D eigenvalue weighted by atomic mass is 10.1. The van der Waals surface area contributed by atoms with Gasteiger partial charge >= 0.3 is 0 Å². The molecule has 1 atom stereocenters. The Morgan fingerprint density at radius 3 is 2.34 bits per heavy atom. The molecule has 1 fully saturated rings. The van der Waals surface area contributed by atoms with Gasteiger partial charge in [0.15, 0.2) is 5.82 Å². The third-order valence-corrected chi connectivity index (χ3v) is 5.61. The zero-order valence-electron chi connectivity index (χ0n) is 17.1. The van der Waals surface area contributed by atoms with E-state index in [2.05, 4.69) is 68.6 Å². The molecule has 1 aromatic heterocycles. The highest BCUT2D eigenvalue weighted by atomic mass is 16.5. The first-order valence-corrected chi connectivity index (χ1v) is 10.2.